The number of aromatic nitrogens is 2. The SMILES string of the molecule is O[C@@H](Cn1ccnc1-c1ccccc1-c1ccco1)c1ccccc1. The molecular weight excluding hydrogens is 312 g/mol. The molecule has 2 aromatic carbocycles. The molecule has 0 aliphatic heterocycles. The minimum Gasteiger partial charge on any atom is -0.464 e. The summed E-state index contributed by atoms with van der Waals surface area (Å²) in [6.45, 7) is 0.436. The van der Waals surface area contributed by atoms with Crippen LogP contribution in [-0.4, -0.2) is 14.7 Å². The molecule has 2 heterocycles. The van der Waals surface area contributed by atoms with Crippen molar-refractivity contribution >= 4 is 0 Å². The molecule has 1 atom stereocenters. The zero-order valence-electron chi connectivity index (χ0n) is 13.6. The topological polar surface area (TPSA) is 51.2 Å². The minimum absolute atomic E-state index is 0.436. The number of hydrogen-bond acceptors (Lipinski definition) is 3. The lowest BCUT2D eigenvalue weighted by molar-refractivity contribution is 0.157. The summed E-state index contributed by atoms with van der Waals surface area (Å²) < 4.78 is 7.53. The lowest BCUT2D eigenvalue weighted by Gasteiger charge is -2.15. The van der Waals surface area contributed by atoms with Gasteiger partial charge in [-0.25, -0.2) is 4.98 Å². The molecule has 0 amide bonds. The van der Waals surface area contributed by atoms with Gasteiger partial charge in [0.2, 0.25) is 0 Å². The number of imidazole rings is 1. The molecule has 0 radical (unpaired) electrons. The fourth-order valence-corrected chi connectivity index (χ4v) is 2.99. The van der Waals surface area contributed by atoms with E-state index in [9.17, 15) is 5.11 Å². The highest BCUT2D eigenvalue weighted by Crippen LogP contribution is 2.32. The lowest BCUT2D eigenvalue weighted by Crippen LogP contribution is -2.09. The van der Waals surface area contributed by atoms with E-state index in [1.807, 2.05) is 77.5 Å². The van der Waals surface area contributed by atoms with Crippen LogP contribution in [0.15, 0.2) is 89.8 Å². The van der Waals surface area contributed by atoms with Gasteiger partial charge in [-0.2, -0.15) is 0 Å². The second kappa shape index (κ2) is 6.79. The van der Waals surface area contributed by atoms with Crippen molar-refractivity contribution in [2.75, 3.05) is 0 Å². The summed E-state index contributed by atoms with van der Waals surface area (Å²) in [7, 11) is 0. The van der Waals surface area contributed by atoms with Gasteiger partial charge in [0.1, 0.15) is 11.6 Å². The molecule has 0 spiro atoms. The Kier molecular flexibility index (Phi) is 4.19. The maximum absolute atomic E-state index is 10.5. The number of furan rings is 1. The minimum atomic E-state index is -0.593. The average Bonchev–Trinajstić information content (AvgIpc) is 3.34. The smallest absolute Gasteiger partial charge is 0.140 e. The first-order valence-corrected chi connectivity index (χ1v) is 8.20. The highest BCUT2D eigenvalue weighted by Gasteiger charge is 2.16. The molecule has 4 heteroatoms. The number of aliphatic hydroxyl groups is 1. The molecule has 2 aromatic heterocycles. The van der Waals surface area contributed by atoms with Gasteiger partial charge in [0.15, 0.2) is 0 Å². The van der Waals surface area contributed by atoms with Crippen LogP contribution in [-0.2, 0) is 6.54 Å². The Morgan fingerprint density at radius 1 is 0.920 bits per heavy atom. The Balaban J connectivity index is 1.69. The van der Waals surface area contributed by atoms with Crippen LogP contribution in [0.5, 0.6) is 0 Å². The van der Waals surface area contributed by atoms with Gasteiger partial charge >= 0.3 is 0 Å². The molecule has 124 valence electrons. The van der Waals surface area contributed by atoms with Gasteiger partial charge in [-0.3, -0.25) is 0 Å². The van der Waals surface area contributed by atoms with Crippen LogP contribution >= 0.6 is 0 Å². The molecule has 4 aromatic rings. The molecule has 1 N–H and O–H groups in total. The number of hydrogen-bond donors (Lipinski definition) is 1. The third-order valence-corrected chi connectivity index (χ3v) is 4.22. The van der Waals surface area contributed by atoms with Gasteiger partial charge in [-0.1, -0.05) is 54.6 Å². The first-order valence-electron chi connectivity index (χ1n) is 8.20. The third kappa shape index (κ3) is 3.12. The third-order valence-electron chi connectivity index (χ3n) is 4.22. The molecule has 0 aliphatic rings. The van der Waals surface area contributed by atoms with Crippen molar-refractivity contribution in [3.05, 3.63) is 91.0 Å². The van der Waals surface area contributed by atoms with E-state index in [4.69, 9.17) is 4.42 Å². The van der Waals surface area contributed by atoms with Crippen molar-refractivity contribution in [3.8, 4) is 22.7 Å². The van der Waals surface area contributed by atoms with Crippen LogP contribution < -0.4 is 0 Å². The summed E-state index contributed by atoms with van der Waals surface area (Å²) in [5.41, 5.74) is 2.85. The van der Waals surface area contributed by atoms with Crippen molar-refractivity contribution in [2.24, 2.45) is 0 Å². The number of nitrogens with zero attached hydrogens (tertiary/aromatic N) is 2. The van der Waals surface area contributed by atoms with E-state index >= 15 is 0 Å². The van der Waals surface area contributed by atoms with E-state index in [0.29, 0.717) is 6.54 Å². The lowest BCUT2D eigenvalue weighted by atomic mass is 10.0. The first-order chi connectivity index (χ1) is 12.3. The van der Waals surface area contributed by atoms with E-state index in [0.717, 1.165) is 28.3 Å². The summed E-state index contributed by atoms with van der Waals surface area (Å²) in [6, 6.07) is 21.5. The van der Waals surface area contributed by atoms with Crippen molar-refractivity contribution in [1.82, 2.24) is 9.55 Å². The Morgan fingerprint density at radius 3 is 2.44 bits per heavy atom. The highest BCUT2D eigenvalue weighted by molar-refractivity contribution is 5.78. The van der Waals surface area contributed by atoms with Crippen molar-refractivity contribution in [2.45, 2.75) is 12.6 Å². The number of benzene rings is 2. The fraction of sp³-hybridized carbons (Fsp3) is 0.0952. The Morgan fingerprint density at radius 2 is 1.68 bits per heavy atom. The first kappa shape index (κ1) is 15.4. The molecule has 4 nitrogen and oxygen atoms in total. The monoisotopic (exact) mass is 330 g/mol. The molecule has 0 aliphatic carbocycles. The number of rotatable bonds is 5. The zero-order chi connectivity index (χ0) is 17.1. The molecule has 0 saturated heterocycles. The zero-order valence-corrected chi connectivity index (χ0v) is 13.6. The van der Waals surface area contributed by atoms with E-state index in [1.54, 1.807) is 12.5 Å². The van der Waals surface area contributed by atoms with Crippen LogP contribution in [0.2, 0.25) is 0 Å². The Labute approximate surface area is 146 Å². The van der Waals surface area contributed by atoms with Crippen molar-refractivity contribution < 1.29 is 9.52 Å². The summed E-state index contributed by atoms with van der Waals surface area (Å²) in [5, 5.41) is 10.5. The summed E-state index contributed by atoms with van der Waals surface area (Å²) >= 11 is 0. The van der Waals surface area contributed by atoms with E-state index < -0.39 is 6.10 Å². The maximum Gasteiger partial charge on any atom is 0.140 e. The molecule has 0 bridgehead atoms. The van der Waals surface area contributed by atoms with Crippen LogP contribution in [0.3, 0.4) is 0 Å². The highest BCUT2D eigenvalue weighted by atomic mass is 16.3. The predicted octanol–water partition coefficient (Wildman–Crippen LogP) is 4.54. The van der Waals surface area contributed by atoms with E-state index in [1.165, 1.54) is 0 Å². The van der Waals surface area contributed by atoms with E-state index in [-0.39, 0.29) is 0 Å². The second-order valence-electron chi connectivity index (χ2n) is 5.85. The quantitative estimate of drug-likeness (QED) is 0.584. The second-order valence-corrected chi connectivity index (χ2v) is 5.85. The van der Waals surface area contributed by atoms with Gasteiger partial charge < -0.3 is 14.1 Å². The fourth-order valence-electron chi connectivity index (χ4n) is 2.99. The molecule has 0 saturated carbocycles. The molecule has 0 fully saturated rings. The van der Waals surface area contributed by atoms with Crippen molar-refractivity contribution in [1.29, 1.82) is 0 Å². The van der Waals surface area contributed by atoms with Crippen LogP contribution in [0.4, 0.5) is 0 Å². The van der Waals surface area contributed by atoms with Crippen LogP contribution in [0.1, 0.15) is 11.7 Å². The van der Waals surface area contributed by atoms with Crippen LogP contribution in [0, 0.1) is 0 Å². The molecule has 4 rings (SSSR count). The van der Waals surface area contributed by atoms with Gasteiger partial charge in [0, 0.05) is 23.5 Å². The normalized spacial score (nSPS) is 12.2. The summed E-state index contributed by atoms with van der Waals surface area (Å²) in [4.78, 5) is 4.51. The summed E-state index contributed by atoms with van der Waals surface area (Å²) in [5.74, 6) is 1.61. The number of aliphatic hydroxyl groups excluding tert-OH is 1. The van der Waals surface area contributed by atoms with Gasteiger partial charge in [-0.15, -0.1) is 0 Å². The van der Waals surface area contributed by atoms with Gasteiger partial charge in [0.25, 0.3) is 0 Å². The Bertz CT molecular complexity index is 943. The summed E-state index contributed by atoms with van der Waals surface area (Å²) in [6.07, 6.45) is 4.72. The molecule has 0 unspecified atom stereocenters. The maximum atomic E-state index is 10.5. The molecular formula is C21H18N2O2. The standard InChI is InChI=1S/C21H18N2O2/c24-19(16-7-2-1-3-8-16)15-23-13-12-22-21(23)18-10-5-4-9-17(18)20-11-6-14-25-20/h1-14,19,24H,15H2/t19-/m0/s1. The molecule has 25 heavy (non-hydrogen) atoms. The van der Waals surface area contributed by atoms with Gasteiger partial charge in [-0.05, 0) is 17.7 Å². The Hall–Kier alpha value is -3.11. The van der Waals surface area contributed by atoms with Crippen LogP contribution in [0.25, 0.3) is 22.7 Å². The van der Waals surface area contributed by atoms with Gasteiger partial charge in [0.05, 0.1) is 18.9 Å². The largest absolute Gasteiger partial charge is 0.464 e. The predicted molar refractivity (Wildman–Crippen MR) is 96.8 cm³/mol. The van der Waals surface area contributed by atoms with Crippen molar-refractivity contribution in [3.63, 3.8) is 0 Å². The van der Waals surface area contributed by atoms with E-state index in [2.05, 4.69) is 4.98 Å². The average molecular weight is 330 g/mol.